The number of methoxy groups -OCH3 is 1. The third kappa shape index (κ3) is 5.90. The SMILES string of the molecule is CCOc1ccc(CC(=O)Nc2c(-c3ccc(OC)cc3)c(C)cn2Cc2ccc(F)cc2)cc1. The first-order valence-electron chi connectivity index (χ1n) is 11.6. The maximum atomic E-state index is 13.4. The van der Waals surface area contributed by atoms with Crippen molar-refractivity contribution in [2.24, 2.45) is 0 Å². The van der Waals surface area contributed by atoms with Crippen LogP contribution in [-0.4, -0.2) is 24.2 Å². The average Bonchev–Trinajstić information content (AvgIpc) is 3.16. The number of rotatable bonds is 9. The van der Waals surface area contributed by atoms with E-state index in [4.69, 9.17) is 9.47 Å². The summed E-state index contributed by atoms with van der Waals surface area (Å²) >= 11 is 0. The van der Waals surface area contributed by atoms with Crippen LogP contribution in [0.1, 0.15) is 23.6 Å². The minimum Gasteiger partial charge on any atom is -0.497 e. The summed E-state index contributed by atoms with van der Waals surface area (Å²) in [6.07, 6.45) is 2.24. The fourth-order valence-electron chi connectivity index (χ4n) is 4.09. The van der Waals surface area contributed by atoms with Crippen LogP contribution in [0.25, 0.3) is 11.1 Å². The van der Waals surface area contributed by atoms with Crippen molar-refractivity contribution >= 4 is 11.7 Å². The van der Waals surface area contributed by atoms with Crippen molar-refractivity contribution in [1.82, 2.24) is 4.57 Å². The molecule has 1 N–H and O–H groups in total. The highest BCUT2D eigenvalue weighted by atomic mass is 19.1. The van der Waals surface area contributed by atoms with E-state index in [1.165, 1.54) is 12.1 Å². The summed E-state index contributed by atoms with van der Waals surface area (Å²) in [6, 6.07) is 21.7. The number of hydrogen-bond acceptors (Lipinski definition) is 3. The average molecular weight is 473 g/mol. The van der Waals surface area contributed by atoms with Gasteiger partial charge in [0.25, 0.3) is 0 Å². The number of nitrogens with one attached hydrogen (secondary N) is 1. The molecule has 0 spiro atoms. The van der Waals surface area contributed by atoms with Crippen LogP contribution in [0.15, 0.2) is 79.0 Å². The lowest BCUT2D eigenvalue weighted by Gasteiger charge is -2.14. The van der Waals surface area contributed by atoms with E-state index in [1.807, 2.05) is 73.1 Å². The van der Waals surface area contributed by atoms with Crippen LogP contribution in [0, 0.1) is 12.7 Å². The van der Waals surface area contributed by atoms with E-state index in [-0.39, 0.29) is 18.1 Å². The second-order valence-corrected chi connectivity index (χ2v) is 8.32. The Hall–Kier alpha value is -4.06. The molecule has 0 saturated heterocycles. The highest BCUT2D eigenvalue weighted by molar-refractivity contribution is 5.96. The lowest BCUT2D eigenvalue weighted by Crippen LogP contribution is -2.18. The molecule has 35 heavy (non-hydrogen) atoms. The zero-order valence-corrected chi connectivity index (χ0v) is 20.2. The molecule has 0 aliphatic heterocycles. The topological polar surface area (TPSA) is 52.5 Å². The Labute approximate surface area is 205 Å². The van der Waals surface area contributed by atoms with E-state index in [0.29, 0.717) is 19.0 Å². The molecule has 180 valence electrons. The van der Waals surface area contributed by atoms with Gasteiger partial charge in [0.2, 0.25) is 5.91 Å². The zero-order chi connectivity index (χ0) is 24.8. The van der Waals surface area contributed by atoms with Gasteiger partial charge in [0.15, 0.2) is 0 Å². The predicted molar refractivity (Wildman–Crippen MR) is 137 cm³/mol. The van der Waals surface area contributed by atoms with Gasteiger partial charge in [0.05, 0.1) is 20.1 Å². The summed E-state index contributed by atoms with van der Waals surface area (Å²) < 4.78 is 26.2. The first-order valence-corrected chi connectivity index (χ1v) is 11.6. The van der Waals surface area contributed by atoms with Gasteiger partial charge in [-0.1, -0.05) is 36.4 Å². The Kier molecular flexibility index (Phi) is 7.51. The van der Waals surface area contributed by atoms with Crippen LogP contribution in [0.5, 0.6) is 11.5 Å². The second-order valence-electron chi connectivity index (χ2n) is 8.32. The molecule has 0 aliphatic carbocycles. The summed E-state index contributed by atoms with van der Waals surface area (Å²) in [7, 11) is 1.63. The monoisotopic (exact) mass is 472 g/mol. The van der Waals surface area contributed by atoms with Gasteiger partial charge in [0, 0.05) is 18.3 Å². The third-order valence-corrected chi connectivity index (χ3v) is 5.77. The Morgan fingerprint density at radius 2 is 1.54 bits per heavy atom. The maximum Gasteiger partial charge on any atom is 0.229 e. The summed E-state index contributed by atoms with van der Waals surface area (Å²) in [6.45, 7) is 5.04. The van der Waals surface area contributed by atoms with Crippen molar-refractivity contribution in [3.05, 3.63) is 102 Å². The number of amides is 1. The zero-order valence-electron chi connectivity index (χ0n) is 20.2. The number of ether oxygens (including phenoxy) is 2. The fraction of sp³-hybridized carbons (Fsp3) is 0.207. The Morgan fingerprint density at radius 1 is 0.914 bits per heavy atom. The summed E-state index contributed by atoms with van der Waals surface area (Å²) in [5.41, 5.74) is 4.76. The normalized spacial score (nSPS) is 10.7. The van der Waals surface area contributed by atoms with E-state index >= 15 is 0 Å². The number of hydrogen-bond donors (Lipinski definition) is 1. The molecular formula is C29H29FN2O3. The van der Waals surface area contributed by atoms with Crippen LogP contribution >= 0.6 is 0 Å². The molecule has 1 aromatic heterocycles. The minimum absolute atomic E-state index is 0.123. The molecule has 0 aliphatic rings. The summed E-state index contributed by atoms with van der Waals surface area (Å²) in [4.78, 5) is 13.1. The molecule has 0 radical (unpaired) electrons. The lowest BCUT2D eigenvalue weighted by molar-refractivity contribution is -0.115. The molecule has 0 saturated carbocycles. The standard InChI is InChI=1S/C29H29FN2O3/c1-4-35-26-13-7-21(8-14-26)17-27(33)31-29-28(23-9-15-25(34-3)16-10-23)20(2)18-32(29)19-22-5-11-24(30)12-6-22/h5-16,18H,4,17,19H2,1-3H3,(H,31,33). The van der Waals surface area contributed by atoms with Gasteiger partial charge >= 0.3 is 0 Å². The Balaban J connectivity index is 1.64. The van der Waals surface area contributed by atoms with Gasteiger partial charge in [0.1, 0.15) is 23.1 Å². The number of anilines is 1. The molecule has 0 atom stereocenters. The van der Waals surface area contributed by atoms with E-state index < -0.39 is 0 Å². The number of nitrogens with zero attached hydrogens (tertiary/aromatic N) is 1. The molecule has 1 amide bonds. The molecule has 0 fully saturated rings. The van der Waals surface area contributed by atoms with Crippen molar-refractivity contribution in [2.75, 3.05) is 19.0 Å². The minimum atomic E-state index is -0.278. The second kappa shape index (κ2) is 10.9. The molecule has 4 aromatic rings. The smallest absolute Gasteiger partial charge is 0.229 e. The number of carbonyl (C=O) groups is 1. The van der Waals surface area contributed by atoms with Gasteiger partial charge in [-0.15, -0.1) is 0 Å². The van der Waals surface area contributed by atoms with Gasteiger partial charge in [-0.3, -0.25) is 4.79 Å². The molecule has 0 bridgehead atoms. The summed E-state index contributed by atoms with van der Waals surface area (Å²) in [5, 5.41) is 3.13. The predicted octanol–water partition coefficient (Wildman–Crippen LogP) is 6.24. The van der Waals surface area contributed by atoms with Crippen LogP contribution in [0.4, 0.5) is 10.2 Å². The number of aryl methyl sites for hydroxylation is 1. The molecule has 5 nitrogen and oxygen atoms in total. The van der Waals surface area contributed by atoms with Crippen molar-refractivity contribution in [3.8, 4) is 22.6 Å². The molecule has 1 heterocycles. The maximum absolute atomic E-state index is 13.4. The van der Waals surface area contributed by atoms with Crippen LogP contribution < -0.4 is 14.8 Å². The molecule has 3 aromatic carbocycles. The van der Waals surface area contributed by atoms with Crippen LogP contribution in [-0.2, 0) is 17.8 Å². The van der Waals surface area contributed by atoms with Crippen molar-refractivity contribution < 1.29 is 18.7 Å². The highest BCUT2D eigenvalue weighted by Crippen LogP contribution is 2.35. The molecule has 6 heteroatoms. The van der Waals surface area contributed by atoms with E-state index in [1.54, 1.807) is 19.2 Å². The van der Waals surface area contributed by atoms with E-state index in [2.05, 4.69) is 5.32 Å². The molecule has 0 unspecified atom stereocenters. The van der Waals surface area contributed by atoms with E-state index in [9.17, 15) is 9.18 Å². The van der Waals surface area contributed by atoms with Gasteiger partial charge in [-0.25, -0.2) is 4.39 Å². The van der Waals surface area contributed by atoms with Gasteiger partial charge in [-0.2, -0.15) is 0 Å². The van der Waals surface area contributed by atoms with Crippen molar-refractivity contribution in [2.45, 2.75) is 26.8 Å². The van der Waals surface area contributed by atoms with Crippen molar-refractivity contribution in [3.63, 3.8) is 0 Å². The first kappa shape index (κ1) is 24.1. The number of halogens is 1. The van der Waals surface area contributed by atoms with E-state index in [0.717, 1.165) is 39.3 Å². The number of carbonyl (C=O) groups excluding carboxylic acids is 1. The fourth-order valence-corrected chi connectivity index (χ4v) is 4.09. The van der Waals surface area contributed by atoms with Crippen molar-refractivity contribution in [1.29, 1.82) is 0 Å². The molecule has 4 rings (SSSR count). The Bertz CT molecular complexity index is 1280. The number of aromatic nitrogens is 1. The molecular weight excluding hydrogens is 443 g/mol. The lowest BCUT2D eigenvalue weighted by atomic mass is 10.0. The Morgan fingerprint density at radius 3 is 2.17 bits per heavy atom. The number of benzene rings is 3. The van der Waals surface area contributed by atoms with Crippen LogP contribution in [0.3, 0.4) is 0 Å². The quantitative estimate of drug-likeness (QED) is 0.314. The summed E-state index contributed by atoms with van der Waals surface area (Å²) in [5.74, 6) is 1.84. The van der Waals surface area contributed by atoms with Crippen LogP contribution in [0.2, 0.25) is 0 Å². The van der Waals surface area contributed by atoms with Gasteiger partial charge in [-0.05, 0) is 72.5 Å². The highest BCUT2D eigenvalue weighted by Gasteiger charge is 2.18. The van der Waals surface area contributed by atoms with Gasteiger partial charge < -0.3 is 19.4 Å². The third-order valence-electron chi connectivity index (χ3n) is 5.77. The first-order chi connectivity index (χ1) is 17.0. The largest absolute Gasteiger partial charge is 0.497 e.